The smallest absolute Gasteiger partial charge is 0.310 e. The van der Waals surface area contributed by atoms with Crippen molar-refractivity contribution in [2.75, 3.05) is 5.32 Å². The van der Waals surface area contributed by atoms with Gasteiger partial charge in [0, 0.05) is 23.7 Å². The number of rotatable bonds is 7. The van der Waals surface area contributed by atoms with E-state index in [2.05, 4.69) is 16.2 Å². The number of hydrogen-bond acceptors (Lipinski definition) is 6. The van der Waals surface area contributed by atoms with E-state index in [4.69, 9.17) is 4.74 Å². The van der Waals surface area contributed by atoms with Crippen LogP contribution in [-0.4, -0.2) is 28.7 Å². The maximum absolute atomic E-state index is 12.1. The lowest BCUT2D eigenvalue weighted by atomic mass is 10.2. The van der Waals surface area contributed by atoms with Crippen molar-refractivity contribution in [3.8, 4) is 5.75 Å². The van der Waals surface area contributed by atoms with Gasteiger partial charge >= 0.3 is 5.69 Å². The van der Waals surface area contributed by atoms with Crippen LogP contribution in [0.4, 0.5) is 11.4 Å². The number of amides is 3. The van der Waals surface area contributed by atoms with E-state index in [1.54, 1.807) is 25.1 Å². The minimum atomic E-state index is -1.09. The summed E-state index contributed by atoms with van der Waals surface area (Å²) >= 11 is 0. The zero-order chi connectivity index (χ0) is 21.4. The molecule has 0 heterocycles. The quantitative estimate of drug-likeness (QED) is 0.481. The van der Waals surface area contributed by atoms with Crippen LogP contribution in [0.2, 0.25) is 0 Å². The topological polar surface area (TPSA) is 140 Å². The third kappa shape index (κ3) is 6.03. The summed E-state index contributed by atoms with van der Waals surface area (Å²) in [6, 6.07) is 11.7. The predicted octanol–water partition coefficient (Wildman–Crippen LogP) is 2.17. The maximum atomic E-state index is 12.1. The van der Waals surface area contributed by atoms with Crippen LogP contribution >= 0.6 is 0 Å². The zero-order valence-electron chi connectivity index (χ0n) is 15.8. The molecule has 0 aliphatic rings. The number of carbonyl (C=O) groups is 3. The highest BCUT2D eigenvalue weighted by molar-refractivity contribution is 5.97. The Morgan fingerprint density at radius 3 is 2.34 bits per heavy atom. The number of ether oxygens (including phenoxy) is 1. The molecule has 10 heteroatoms. The molecule has 0 saturated carbocycles. The Balaban J connectivity index is 1.90. The number of hydrazine groups is 1. The lowest BCUT2D eigenvalue weighted by Crippen LogP contribution is -2.47. The van der Waals surface area contributed by atoms with E-state index in [0.717, 1.165) is 0 Å². The van der Waals surface area contributed by atoms with Gasteiger partial charge in [-0.1, -0.05) is 19.1 Å². The van der Waals surface area contributed by atoms with Gasteiger partial charge in [0.25, 0.3) is 11.8 Å². The van der Waals surface area contributed by atoms with Gasteiger partial charge in [-0.3, -0.25) is 35.3 Å². The summed E-state index contributed by atoms with van der Waals surface area (Å²) in [6.07, 6.45) is -0.760. The van der Waals surface area contributed by atoms with Crippen LogP contribution in [0.25, 0.3) is 0 Å². The number of nitro benzene ring substituents is 1. The van der Waals surface area contributed by atoms with Crippen LogP contribution in [0.3, 0.4) is 0 Å². The SMILES string of the molecule is CCC(=O)Nc1ccc(C(=O)NNC(=O)C(C)Oc2ccccc2[N+](=O)[O-])cc1. The minimum Gasteiger partial charge on any atom is -0.474 e. The molecule has 0 saturated heterocycles. The average molecular weight is 400 g/mol. The van der Waals surface area contributed by atoms with E-state index in [-0.39, 0.29) is 22.9 Å². The van der Waals surface area contributed by atoms with E-state index in [9.17, 15) is 24.5 Å². The first kappa shape index (κ1) is 21.4. The molecule has 0 radical (unpaired) electrons. The molecule has 2 aromatic carbocycles. The Morgan fingerprint density at radius 1 is 1.07 bits per heavy atom. The van der Waals surface area contributed by atoms with Crippen molar-refractivity contribution in [2.24, 2.45) is 0 Å². The van der Waals surface area contributed by atoms with Crippen LogP contribution < -0.4 is 20.9 Å². The summed E-state index contributed by atoms with van der Waals surface area (Å²) in [5, 5.41) is 13.6. The average Bonchev–Trinajstić information content (AvgIpc) is 2.72. The molecule has 0 bridgehead atoms. The van der Waals surface area contributed by atoms with Gasteiger partial charge in [-0.25, -0.2) is 0 Å². The van der Waals surface area contributed by atoms with Crippen LogP contribution in [-0.2, 0) is 9.59 Å². The van der Waals surface area contributed by atoms with Gasteiger partial charge in [0.1, 0.15) is 0 Å². The highest BCUT2D eigenvalue weighted by Crippen LogP contribution is 2.26. The van der Waals surface area contributed by atoms with Crippen LogP contribution in [0.5, 0.6) is 5.75 Å². The molecule has 10 nitrogen and oxygen atoms in total. The third-order valence-electron chi connectivity index (χ3n) is 3.79. The van der Waals surface area contributed by atoms with Gasteiger partial charge < -0.3 is 10.1 Å². The highest BCUT2D eigenvalue weighted by atomic mass is 16.6. The second-order valence-corrected chi connectivity index (χ2v) is 5.91. The second-order valence-electron chi connectivity index (χ2n) is 5.91. The Hall–Kier alpha value is -3.95. The molecule has 1 unspecified atom stereocenters. The first-order valence-corrected chi connectivity index (χ1v) is 8.72. The molecule has 3 N–H and O–H groups in total. The van der Waals surface area contributed by atoms with Crippen molar-refractivity contribution in [1.82, 2.24) is 10.9 Å². The van der Waals surface area contributed by atoms with E-state index in [0.29, 0.717) is 12.1 Å². The molecular weight excluding hydrogens is 380 g/mol. The zero-order valence-corrected chi connectivity index (χ0v) is 15.8. The first-order chi connectivity index (χ1) is 13.8. The van der Waals surface area contributed by atoms with Crippen molar-refractivity contribution in [1.29, 1.82) is 0 Å². The summed E-state index contributed by atoms with van der Waals surface area (Å²) < 4.78 is 5.32. The molecule has 29 heavy (non-hydrogen) atoms. The molecule has 0 aliphatic carbocycles. The Bertz CT molecular complexity index is 913. The van der Waals surface area contributed by atoms with Crippen molar-refractivity contribution in [3.05, 3.63) is 64.2 Å². The lowest BCUT2D eigenvalue weighted by molar-refractivity contribution is -0.386. The van der Waals surface area contributed by atoms with Crippen LogP contribution in [0.15, 0.2) is 48.5 Å². The summed E-state index contributed by atoms with van der Waals surface area (Å²) in [4.78, 5) is 45.9. The Morgan fingerprint density at radius 2 is 1.72 bits per heavy atom. The summed E-state index contributed by atoms with van der Waals surface area (Å²) in [5.74, 6) is -1.48. The predicted molar refractivity (Wildman–Crippen MR) is 104 cm³/mol. The molecular formula is C19H20N4O6. The fraction of sp³-hybridized carbons (Fsp3) is 0.211. The van der Waals surface area contributed by atoms with Crippen molar-refractivity contribution in [2.45, 2.75) is 26.4 Å². The van der Waals surface area contributed by atoms with Crippen LogP contribution in [0, 0.1) is 10.1 Å². The molecule has 0 spiro atoms. The Labute approximate surface area is 166 Å². The summed E-state index contributed by atoms with van der Waals surface area (Å²) in [6.45, 7) is 3.12. The highest BCUT2D eigenvalue weighted by Gasteiger charge is 2.21. The van der Waals surface area contributed by atoms with E-state index in [1.165, 1.54) is 37.3 Å². The normalized spacial score (nSPS) is 11.1. The number of benzene rings is 2. The number of para-hydroxylation sites is 2. The van der Waals surface area contributed by atoms with Crippen molar-refractivity contribution in [3.63, 3.8) is 0 Å². The summed E-state index contributed by atoms with van der Waals surface area (Å²) in [5.41, 5.74) is 4.97. The molecule has 0 aliphatic heterocycles. The largest absolute Gasteiger partial charge is 0.474 e. The van der Waals surface area contributed by atoms with E-state index < -0.39 is 22.8 Å². The number of hydrogen-bond donors (Lipinski definition) is 3. The number of nitrogens with one attached hydrogen (secondary N) is 3. The lowest BCUT2D eigenvalue weighted by Gasteiger charge is -2.15. The Kier molecular flexibility index (Phi) is 7.24. The number of nitro groups is 1. The fourth-order valence-corrected chi connectivity index (χ4v) is 2.20. The minimum absolute atomic E-state index is 0.0591. The van der Waals surface area contributed by atoms with Gasteiger partial charge in [0.2, 0.25) is 5.91 Å². The number of anilines is 1. The van der Waals surface area contributed by atoms with Gasteiger partial charge in [-0.2, -0.15) is 0 Å². The molecule has 1 atom stereocenters. The second kappa shape index (κ2) is 9.83. The molecule has 0 aromatic heterocycles. The molecule has 3 amide bonds. The van der Waals surface area contributed by atoms with Gasteiger partial charge in [-0.15, -0.1) is 0 Å². The van der Waals surface area contributed by atoms with Crippen LogP contribution in [0.1, 0.15) is 30.6 Å². The monoisotopic (exact) mass is 400 g/mol. The van der Waals surface area contributed by atoms with E-state index in [1.807, 2.05) is 0 Å². The van der Waals surface area contributed by atoms with Crippen molar-refractivity contribution >= 4 is 29.1 Å². The van der Waals surface area contributed by atoms with E-state index >= 15 is 0 Å². The standard InChI is InChI=1S/C19H20N4O6/c1-3-17(24)20-14-10-8-13(9-11-14)19(26)22-21-18(25)12(2)29-16-7-5-4-6-15(16)23(27)28/h4-12H,3H2,1-2H3,(H,20,24)(H,21,25)(H,22,26). The number of nitrogens with zero attached hydrogens (tertiary/aromatic N) is 1. The molecule has 2 rings (SSSR count). The van der Waals surface area contributed by atoms with Gasteiger partial charge in [-0.05, 0) is 37.3 Å². The van der Waals surface area contributed by atoms with Crippen molar-refractivity contribution < 1.29 is 24.0 Å². The number of carbonyl (C=O) groups excluding carboxylic acids is 3. The van der Waals surface area contributed by atoms with Gasteiger partial charge in [0.05, 0.1) is 4.92 Å². The molecule has 152 valence electrons. The molecule has 2 aromatic rings. The fourth-order valence-electron chi connectivity index (χ4n) is 2.20. The molecule has 0 fully saturated rings. The van der Waals surface area contributed by atoms with Gasteiger partial charge in [0.15, 0.2) is 11.9 Å². The first-order valence-electron chi connectivity index (χ1n) is 8.72. The maximum Gasteiger partial charge on any atom is 0.310 e. The summed E-state index contributed by atoms with van der Waals surface area (Å²) in [7, 11) is 0. The third-order valence-corrected chi connectivity index (χ3v) is 3.79.